The van der Waals surface area contributed by atoms with E-state index in [2.05, 4.69) is 31.0 Å². The molecule has 4 heteroatoms. The summed E-state index contributed by atoms with van der Waals surface area (Å²) < 4.78 is 5.76. The lowest BCUT2D eigenvalue weighted by molar-refractivity contribution is -0.0998. The molecular weight excluding hydrogens is 264 g/mol. The number of aliphatic hydroxyl groups excluding tert-OH is 1. The van der Waals surface area contributed by atoms with Gasteiger partial charge in [-0.1, -0.05) is 13.8 Å². The summed E-state index contributed by atoms with van der Waals surface area (Å²) in [6.45, 7) is 11.0. The Morgan fingerprint density at radius 1 is 1.24 bits per heavy atom. The molecule has 21 heavy (non-hydrogen) atoms. The van der Waals surface area contributed by atoms with E-state index in [1.54, 1.807) is 0 Å². The van der Waals surface area contributed by atoms with Crippen LogP contribution in [0.3, 0.4) is 0 Å². The zero-order valence-corrected chi connectivity index (χ0v) is 14.1. The predicted molar refractivity (Wildman–Crippen MR) is 86.4 cm³/mol. The number of aliphatic hydroxyl groups is 1. The van der Waals surface area contributed by atoms with Crippen molar-refractivity contribution >= 4 is 0 Å². The third-order valence-corrected chi connectivity index (χ3v) is 5.00. The van der Waals surface area contributed by atoms with E-state index in [1.165, 1.54) is 25.7 Å². The number of ether oxygens (including phenoxy) is 1. The van der Waals surface area contributed by atoms with E-state index in [0.717, 1.165) is 38.0 Å². The maximum atomic E-state index is 9.38. The summed E-state index contributed by atoms with van der Waals surface area (Å²) in [5.74, 6) is 1.59. The summed E-state index contributed by atoms with van der Waals surface area (Å²) in [4.78, 5) is 2.51. The fourth-order valence-corrected chi connectivity index (χ4v) is 4.02. The first-order chi connectivity index (χ1) is 10.1. The minimum Gasteiger partial charge on any atom is -0.394 e. The second-order valence-electron chi connectivity index (χ2n) is 7.21. The molecule has 0 aromatic heterocycles. The standard InChI is InChI=1S/C17H34N2O2/c1-4-7-18-17-6-5-13(2)8-15(17)10-19-9-14(3)21-16(11-19)12-20/h13-18,20H,4-12H2,1-3H3. The second kappa shape index (κ2) is 8.47. The third-order valence-electron chi connectivity index (χ3n) is 5.00. The average Bonchev–Trinajstić information content (AvgIpc) is 2.46. The minimum atomic E-state index is -0.00295. The predicted octanol–water partition coefficient (Wildman–Crippen LogP) is 1.87. The molecule has 0 bridgehead atoms. The van der Waals surface area contributed by atoms with Gasteiger partial charge in [0.2, 0.25) is 0 Å². The lowest BCUT2D eigenvalue weighted by Crippen LogP contribution is -2.52. The molecule has 4 nitrogen and oxygen atoms in total. The van der Waals surface area contributed by atoms with Gasteiger partial charge in [-0.25, -0.2) is 0 Å². The van der Waals surface area contributed by atoms with Crippen LogP contribution in [0.25, 0.3) is 0 Å². The molecule has 0 aromatic carbocycles. The fraction of sp³-hybridized carbons (Fsp3) is 1.00. The van der Waals surface area contributed by atoms with E-state index in [0.29, 0.717) is 6.04 Å². The maximum Gasteiger partial charge on any atom is 0.0936 e. The van der Waals surface area contributed by atoms with Crippen molar-refractivity contribution in [2.75, 3.05) is 32.8 Å². The number of hydrogen-bond donors (Lipinski definition) is 2. The molecule has 2 N–H and O–H groups in total. The summed E-state index contributed by atoms with van der Waals surface area (Å²) in [5.41, 5.74) is 0. The van der Waals surface area contributed by atoms with Crippen molar-refractivity contribution in [3.05, 3.63) is 0 Å². The Balaban J connectivity index is 1.90. The Morgan fingerprint density at radius 2 is 2.05 bits per heavy atom. The average molecular weight is 298 g/mol. The molecule has 124 valence electrons. The van der Waals surface area contributed by atoms with Crippen LogP contribution in [-0.2, 0) is 4.74 Å². The molecule has 1 saturated carbocycles. The molecule has 1 aliphatic carbocycles. The highest BCUT2D eigenvalue weighted by molar-refractivity contribution is 4.87. The van der Waals surface area contributed by atoms with Crippen LogP contribution in [0.1, 0.15) is 46.5 Å². The molecule has 5 atom stereocenters. The van der Waals surface area contributed by atoms with Crippen LogP contribution in [-0.4, -0.2) is 61.0 Å². The molecular formula is C17H34N2O2. The first kappa shape index (κ1) is 17.2. The van der Waals surface area contributed by atoms with E-state index in [9.17, 15) is 5.11 Å². The van der Waals surface area contributed by atoms with Crippen LogP contribution in [0.5, 0.6) is 0 Å². The molecule has 2 rings (SSSR count). The number of hydrogen-bond acceptors (Lipinski definition) is 4. The van der Waals surface area contributed by atoms with Gasteiger partial charge in [-0.2, -0.15) is 0 Å². The molecule has 0 aromatic rings. The highest BCUT2D eigenvalue weighted by atomic mass is 16.5. The van der Waals surface area contributed by atoms with Crippen molar-refractivity contribution in [1.82, 2.24) is 10.2 Å². The highest BCUT2D eigenvalue weighted by Crippen LogP contribution is 2.30. The van der Waals surface area contributed by atoms with Crippen LogP contribution in [0.15, 0.2) is 0 Å². The zero-order valence-electron chi connectivity index (χ0n) is 14.1. The Morgan fingerprint density at radius 3 is 2.76 bits per heavy atom. The van der Waals surface area contributed by atoms with Gasteiger partial charge in [-0.05, 0) is 51.0 Å². The van der Waals surface area contributed by atoms with Gasteiger partial charge in [-0.15, -0.1) is 0 Å². The van der Waals surface area contributed by atoms with E-state index in [4.69, 9.17) is 4.74 Å². The topological polar surface area (TPSA) is 44.7 Å². The molecule has 1 heterocycles. The summed E-state index contributed by atoms with van der Waals surface area (Å²) in [7, 11) is 0. The quantitative estimate of drug-likeness (QED) is 0.786. The normalized spacial score (nSPS) is 38.6. The molecule has 0 spiro atoms. The van der Waals surface area contributed by atoms with Gasteiger partial charge in [0, 0.05) is 25.7 Å². The molecule has 0 radical (unpaired) electrons. The van der Waals surface area contributed by atoms with Crippen molar-refractivity contribution in [1.29, 1.82) is 0 Å². The van der Waals surface area contributed by atoms with Gasteiger partial charge in [0.15, 0.2) is 0 Å². The summed E-state index contributed by atoms with van der Waals surface area (Å²) in [6, 6.07) is 0.673. The first-order valence-corrected chi connectivity index (χ1v) is 8.84. The third kappa shape index (κ3) is 5.20. The van der Waals surface area contributed by atoms with Gasteiger partial charge in [0.25, 0.3) is 0 Å². The highest BCUT2D eigenvalue weighted by Gasteiger charge is 2.32. The van der Waals surface area contributed by atoms with Crippen molar-refractivity contribution in [3.63, 3.8) is 0 Å². The van der Waals surface area contributed by atoms with Gasteiger partial charge in [0.05, 0.1) is 18.8 Å². The van der Waals surface area contributed by atoms with Gasteiger partial charge in [-0.3, -0.25) is 4.90 Å². The Bertz CT molecular complexity index is 299. The van der Waals surface area contributed by atoms with Gasteiger partial charge in [0.1, 0.15) is 0 Å². The Kier molecular flexibility index (Phi) is 6.93. The number of morpholine rings is 1. The monoisotopic (exact) mass is 298 g/mol. The maximum absolute atomic E-state index is 9.38. The molecule has 1 aliphatic heterocycles. The minimum absolute atomic E-state index is 0.00295. The molecule has 2 aliphatic rings. The SMILES string of the molecule is CCCNC1CCC(C)CC1CN1CC(C)OC(CO)C1. The van der Waals surface area contributed by atoms with Crippen molar-refractivity contribution in [2.24, 2.45) is 11.8 Å². The largest absolute Gasteiger partial charge is 0.394 e. The molecule has 5 unspecified atom stereocenters. The fourth-order valence-electron chi connectivity index (χ4n) is 4.02. The van der Waals surface area contributed by atoms with Crippen molar-refractivity contribution in [3.8, 4) is 0 Å². The lowest BCUT2D eigenvalue weighted by Gasteiger charge is -2.42. The van der Waals surface area contributed by atoms with Crippen LogP contribution >= 0.6 is 0 Å². The molecule has 0 amide bonds. The van der Waals surface area contributed by atoms with Crippen LogP contribution in [0.4, 0.5) is 0 Å². The van der Waals surface area contributed by atoms with Crippen LogP contribution in [0, 0.1) is 11.8 Å². The van der Waals surface area contributed by atoms with Gasteiger partial charge < -0.3 is 15.2 Å². The van der Waals surface area contributed by atoms with E-state index < -0.39 is 0 Å². The van der Waals surface area contributed by atoms with E-state index in [-0.39, 0.29) is 18.8 Å². The summed E-state index contributed by atoms with van der Waals surface area (Å²) in [5, 5.41) is 13.1. The number of rotatable bonds is 6. The first-order valence-electron chi connectivity index (χ1n) is 8.84. The van der Waals surface area contributed by atoms with Crippen LogP contribution < -0.4 is 5.32 Å². The Labute approximate surface area is 130 Å². The van der Waals surface area contributed by atoms with E-state index >= 15 is 0 Å². The van der Waals surface area contributed by atoms with Gasteiger partial charge >= 0.3 is 0 Å². The van der Waals surface area contributed by atoms with E-state index in [1.807, 2.05) is 0 Å². The smallest absolute Gasteiger partial charge is 0.0936 e. The lowest BCUT2D eigenvalue weighted by atomic mass is 9.78. The van der Waals surface area contributed by atoms with Crippen molar-refractivity contribution < 1.29 is 9.84 Å². The molecule has 1 saturated heterocycles. The van der Waals surface area contributed by atoms with Crippen molar-refractivity contribution in [2.45, 2.75) is 64.7 Å². The number of nitrogens with zero attached hydrogens (tertiary/aromatic N) is 1. The number of nitrogens with one attached hydrogen (secondary N) is 1. The Hall–Kier alpha value is -0.160. The van der Waals surface area contributed by atoms with Crippen LogP contribution in [0.2, 0.25) is 0 Å². The summed E-state index contributed by atoms with van der Waals surface area (Å²) in [6.07, 6.45) is 5.44. The second-order valence-corrected chi connectivity index (χ2v) is 7.21. The summed E-state index contributed by atoms with van der Waals surface area (Å²) >= 11 is 0. The molecule has 2 fully saturated rings. The zero-order chi connectivity index (χ0) is 15.2.